The zero-order valence-corrected chi connectivity index (χ0v) is 13.3. The number of fused-ring (bicyclic) bond motifs is 1. The van der Waals surface area contributed by atoms with Gasteiger partial charge in [-0.05, 0) is 32.0 Å². The number of benzene rings is 1. The Morgan fingerprint density at radius 1 is 1.32 bits per heavy atom. The zero-order valence-electron chi connectivity index (χ0n) is 12.5. The van der Waals surface area contributed by atoms with Crippen LogP contribution in [0.4, 0.5) is 4.39 Å². The minimum atomic E-state index is -0.301. The zero-order chi connectivity index (χ0) is 15.7. The molecule has 0 saturated heterocycles. The lowest BCUT2D eigenvalue weighted by Crippen LogP contribution is -2.25. The van der Waals surface area contributed by atoms with E-state index in [1.165, 1.54) is 10.9 Å². The van der Waals surface area contributed by atoms with E-state index in [2.05, 4.69) is 18.3 Å². The van der Waals surface area contributed by atoms with Crippen LogP contribution in [0.25, 0.3) is 10.2 Å². The fourth-order valence-corrected chi connectivity index (χ4v) is 3.56. The summed E-state index contributed by atoms with van der Waals surface area (Å²) in [6.45, 7) is 4.98. The van der Waals surface area contributed by atoms with Gasteiger partial charge in [-0.15, -0.1) is 11.3 Å². The van der Waals surface area contributed by atoms with Crippen LogP contribution in [0.5, 0.6) is 0 Å². The summed E-state index contributed by atoms with van der Waals surface area (Å²) in [5, 5.41) is 2.80. The van der Waals surface area contributed by atoms with Crippen molar-refractivity contribution in [3.8, 4) is 0 Å². The number of aryl methyl sites for hydroxylation is 2. The molecule has 1 amide bonds. The summed E-state index contributed by atoms with van der Waals surface area (Å²) in [5.41, 5.74) is 2.20. The standard InChI is InChI=1S/C17H17FN2OS/c1-3-20-14-8-11(2)22-16(14)9-15(20)17(21)19-10-12-6-4-5-7-13(12)18/h4-9H,3,10H2,1-2H3,(H,19,21). The van der Waals surface area contributed by atoms with Crippen molar-refractivity contribution in [1.82, 2.24) is 9.88 Å². The highest BCUT2D eigenvalue weighted by Gasteiger charge is 2.16. The van der Waals surface area contributed by atoms with Crippen molar-refractivity contribution < 1.29 is 9.18 Å². The molecule has 0 aliphatic heterocycles. The Balaban J connectivity index is 1.83. The average Bonchev–Trinajstić information content (AvgIpc) is 3.01. The minimum Gasteiger partial charge on any atom is -0.347 e. The van der Waals surface area contributed by atoms with Crippen LogP contribution >= 0.6 is 11.3 Å². The van der Waals surface area contributed by atoms with Gasteiger partial charge in [-0.1, -0.05) is 18.2 Å². The van der Waals surface area contributed by atoms with Crippen molar-refractivity contribution in [1.29, 1.82) is 0 Å². The Morgan fingerprint density at radius 2 is 2.09 bits per heavy atom. The monoisotopic (exact) mass is 316 g/mol. The van der Waals surface area contributed by atoms with Gasteiger partial charge >= 0.3 is 0 Å². The molecule has 0 aliphatic rings. The molecule has 22 heavy (non-hydrogen) atoms. The van der Waals surface area contributed by atoms with Crippen LogP contribution in [0.15, 0.2) is 36.4 Å². The number of carbonyl (C=O) groups excluding carboxylic acids is 1. The third-order valence-corrected chi connectivity index (χ3v) is 4.65. The molecule has 0 bridgehead atoms. The first-order valence-corrected chi connectivity index (χ1v) is 8.03. The largest absolute Gasteiger partial charge is 0.347 e. The Labute approximate surface area is 132 Å². The van der Waals surface area contributed by atoms with E-state index in [4.69, 9.17) is 0 Å². The third-order valence-electron chi connectivity index (χ3n) is 3.66. The van der Waals surface area contributed by atoms with Gasteiger partial charge in [-0.2, -0.15) is 0 Å². The van der Waals surface area contributed by atoms with Crippen LogP contribution < -0.4 is 5.32 Å². The van der Waals surface area contributed by atoms with Gasteiger partial charge < -0.3 is 9.88 Å². The molecule has 3 rings (SSSR count). The Kier molecular flexibility index (Phi) is 3.98. The first kappa shape index (κ1) is 14.8. The van der Waals surface area contributed by atoms with Gasteiger partial charge in [0.05, 0.1) is 10.2 Å². The van der Waals surface area contributed by atoms with Gasteiger partial charge in [0.25, 0.3) is 5.91 Å². The molecule has 0 aliphatic carbocycles. The van der Waals surface area contributed by atoms with E-state index in [-0.39, 0.29) is 18.3 Å². The second kappa shape index (κ2) is 5.93. The number of nitrogens with zero attached hydrogens (tertiary/aromatic N) is 1. The number of aromatic nitrogens is 1. The highest BCUT2D eigenvalue weighted by atomic mass is 32.1. The van der Waals surface area contributed by atoms with Crippen molar-refractivity contribution in [2.24, 2.45) is 0 Å². The Morgan fingerprint density at radius 3 is 2.82 bits per heavy atom. The predicted molar refractivity (Wildman–Crippen MR) is 87.8 cm³/mol. The van der Waals surface area contributed by atoms with Crippen molar-refractivity contribution >= 4 is 27.5 Å². The van der Waals surface area contributed by atoms with Gasteiger partial charge in [0.15, 0.2) is 0 Å². The summed E-state index contributed by atoms with van der Waals surface area (Å²) in [7, 11) is 0. The van der Waals surface area contributed by atoms with Crippen LogP contribution in [0.3, 0.4) is 0 Å². The van der Waals surface area contributed by atoms with Crippen molar-refractivity contribution in [2.75, 3.05) is 0 Å². The minimum absolute atomic E-state index is 0.175. The van der Waals surface area contributed by atoms with Crippen LogP contribution in [0.2, 0.25) is 0 Å². The SMILES string of the molecule is CCn1c(C(=O)NCc2ccccc2F)cc2sc(C)cc21. The van der Waals surface area contributed by atoms with E-state index < -0.39 is 0 Å². The molecule has 2 heterocycles. The average molecular weight is 316 g/mol. The maximum Gasteiger partial charge on any atom is 0.268 e. The number of nitrogens with one attached hydrogen (secondary N) is 1. The maximum absolute atomic E-state index is 13.6. The van der Waals surface area contributed by atoms with Crippen molar-refractivity contribution in [2.45, 2.75) is 26.9 Å². The highest BCUT2D eigenvalue weighted by molar-refractivity contribution is 7.19. The molecule has 3 aromatic rings. The molecule has 1 N–H and O–H groups in total. The van der Waals surface area contributed by atoms with E-state index in [9.17, 15) is 9.18 Å². The number of rotatable bonds is 4. The number of hydrogen-bond donors (Lipinski definition) is 1. The van der Waals surface area contributed by atoms with Crippen LogP contribution in [0.1, 0.15) is 27.9 Å². The Bertz CT molecular complexity index is 834. The molecule has 0 spiro atoms. The molecular weight excluding hydrogens is 299 g/mol. The summed E-state index contributed by atoms with van der Waals surface area (Å²) in [4.78, 5) is 13.6. The fraction of sp³-hybridized carbons (Fsp3) is 0.235. The predicted octanol–water partition coefficient (Wildman–Crippen LogP) is 4.10. The normalized spacial score (nSPS) is 11.0. The second-order valence-electron chi connectivity index (χ2n) is 5.15. The van der Waals surface area contributed by atoms with Gasteiger partial charge in [0, 0.05) is 23.5 Å². The molecule has 5 heteroatoms. The molecule has 1 aromatic carbocycles. The number of hydrogen-bond acceptors (Lipinski definition) is 2. The van der Waals surface area contributed by atoms with Crippen LogP contribution in [-0.2, 0) is 13.1 Å². The maximum atomic E-state index is 13.6. The van der Waals surface area contributed by atoms with Crippen LogP contribution in [0, 0.1) is 12.7 Å². The van der Waals surface area contributed by atoms with Gasteiger partial charge in [-0.25, -0.2) is 4.39 Å². The van der Waals surface area contributed by atoms with Gasteiger partial charge in [0.1, 0.15) is 11.5 Å². The summed E-state index contributed by atoms with van der Waals surface area (Å²) < 4.78 is 16.7. The molecule has 0 fully saturated rings. The van der Waals surface area contributed by atoms with Gasteiger partial charge in [-0.3, -0.25) is 4.79 Å². The molecule has 0 saturated carbocycles. The van der Waals surface area contributed by atoms with E-state index in [0.29, 0.717) is 11.3 Å². The van der Waals surface area contributed by atoms with E-state index in [1.807, 2.05) is 17.6 Å². The first-order valence-electron chi connectivity index (χ1n) is 7.21. The summed E-state index contributed by atoms with van der Waals surface area (Å²) >= 11 is 1.68. The number of thiophene rings is 1. The lowest BCUT2D eigenvalue weighted by molar-refractivity contribution is 0.0942. The molecule has 0 unspecified atom stereocenters. The van der Waals surface area contributed by atoms with Crippen molar-refractivity contribution in [3.63, 3.8) is 0 Å². The Hall–Kier alpha value is -2.14. The number of amides is 1. The van der Waals surface area contributed by atoms with E-state index in [0.717, 1.165) is 16.8 Å². The second-order valence-corrected chi connectivity index (χ2v) is 6.44. The fourth-order valence-electron chi connectivity index (χ4n) is 2.60. The molecular formula is C17H17FN2OS. The first-order chi connectivity index (χ1) is 10.6. The molecule has 0 atom stereocenters. The van der Waals surface area contributed by atoms with E-state index >= 15 is 0 Å². The molecule has 2 aromatic heterocycles. The quantitative estimate of drug-likeness (QED) is 0.772. The summed E-state index contributed by atoms with van der Waals surface area (Å²) in [6, 6.07) is 10.5. The lowest BCUT2D eigenvalue weighted by Gasteiger charge is -2.09. The highest BCUT2D eigenvalue weighted by Crippen LogP contribution is 2.28. The molecule has 114 valence electrons. The van der Waals surface area contributed by atoms with Crippen LogP contribution in [-0.4, -0.2) is 10.5 Å². The smallest absolute Gasteiger partial charge is 0.268 e. The van der Waals surface area contributed by atoms with Gasteiger partial charge in [0.2, 0.25) is 0 Å². The van der Waals surface area contributed by atoms with E-state index in [1.54, 1.807) is 29.5 Å². The summed E-state index contributed by atoms with van der Waals surface area (Å²) in [6.07, 6.45) is 0. The topological polar surface area (TPSA) is 34.0 Å². The number of carbonyl (C=O) groups is 1. The molecule has 3 nitrogen and oxygen atoms in total. The summed E-state index contributed by atoms with van der Waals surface area (Å²) in [5.74, 6) is -0.476. The number of halogens is 1. The molecule has 0 radical (unpaired) electrons. The lowest BCUT2D eigenvalue weighted by atomic mass is 10.2. The van der Waals surface area contributed by atoms with Crippen molar-refractivity contribution in [3.05, 3.63) is 58.3 Å². The third kappa shape index (κ3) is 2.64.